The fourth-order valence-corrected chi connectivity index (χ4v) is 4.20. The molecule has 33 heavy (non-hydrogen) atoms. The van der Waals surface area contributed by atoms with Crippen LogP contribution in [0.5, 0.6) is 0 Å². The minimum absolute atomic E-state index is 0.290. The minimum Gasteiger partial charge on any atom is -0.350 e. The highest BCUT2D eigenvalue weighted by Gasteiger charge is 2.40. The van der Waals surface area contributed by atoms with Crippen LogP contribution in [0.4, 0.5) is 11.4 Å². The number of anilines is 2. The zero-order valence-corrected chi connectivity index (χ0v) is 18.8. The predicted molar refractivity (Wildman–Crippen MR) is 134 cm³/mol. The Hall–Kier alpha value is -4.18. The summed E-state index contributed by atoms with van der Waals surface area (Å²) in [4.78, 5) is 28.6. The first-order valence-electron chi connectivity index (χ1n) is 11.0. The summed E-state index contributed by atoms with van der Waals surface area (Å²) in [5.41, 5.74) is 5.98. The van der Waals surface area contributed by atoms with Gasteiger partial charge in [-0.3, -0.25) is 9.59 Å². The number of hydrogen-bond donors (Lipinski definition) is 1. The topological polar surface area (TPSA) is 49.4 Å². The first-order valence-corrected chi connectivity index (χ1v) is 11.0. The number of aryl methyl sites for hydroxylation is 3. The third-order valence-electron chi connectivity index (χ3n) is 6.22. The molecule has 0 aliphatic carbocycles. The van der Waals surface area contributed by atoms with Crippen LogP contribution in [-0.2, 0) is 9.59 Å². The zero-order valence-electron chi connectivity index (χ0n) is 18.8. The maximum Gasteiger partial charge on any atom is 0.282 e. The van der Waals surface area contributed by atoms with Gasteiger partial charge in [0, 0.05) is 11.1 Å². The number of fused-ring (bicyclic) bond motifs is 1. The predicted octanol–water partition coefficient (Wildman–Crippen LogP) is 6.16. The monoisotopic (exact) mass is 432 g/mol. The van der Waals surface area contributed by atoms with E-state index >= 15 is 0 Å². The average Bonchev–Trinajstić information content (AvgIpc) is 3.06. The molecule has 5 rings (SSSR count). The highest BCUT2D eigenvalue weighted by Crippen LogP contribution is 2.35. The van der Waals surface area contributed by atoms with Crippen molar-refractivity contribution < 1.29 is 9.59 Å². The van der Waals surface area contributed by atoms with Gasteiger partial charge in [-0.2, -0.15) is 0 Å². The van der Waals surface area contributed by atoms with E-state index in [9.17, 15) is 9.59 Å². The molecule has 2 amide bonds. The lowest BCUT2D eigenvalue weighted by Gasteiger charge is -2.17. The molecule has 162 valence electrons. The second kappa shape index (κ2) is 8.06. The zero-order chi connectivity index (χ0) is 23.1. The highest BCUT2D eigenvalue weighted by molar-refractivity contribution is 6.46. The SMILES string of the molecule is Cc1ccc(C2=C(Nc3cccc4ccccc34)C(=O)N(c3ccc(C)c(C)c3)C2=O)cc1. The summed E-state index contributed by atoms with van der Waals surface area (Å²) in [5.74, 6) is -0.679. The van der Waals surface area contributed by atoms with Gasteiger partial charge in [-0.1, -0.05) is 72.3 Å². The Balaban J connectivity index is 1.66. The van der Waals surface area contributed by atoms with Crippen molar-refractivity contribution in [1.29, 1.82) is 0 Å². The maximum absolute atomic E-state index is 13.7. The Morgan fingerprint density at radius 3 is 2.18 bits per heavy atom. The van der Waals surface area contributed by atoms with Gasteiger partial charge in [0.05, 0.1) is 11.3 Å². The summed E-state index contributed by atoms with van der Waals surface area (Å²) in [6.07, 6.45) is 0. The molecule has 0 saturated heterocycles. The number of benzene rings is 4. The van der Waals surface area contributed by atoms with Crippen molar-refractivity contribution in [3.63, 3.8) is 0 Å². The largest absolute Gasteiger partial charge is 0.350 e. The second-order valence-electron chi connectivity index (χ2n) is 8.48. The van der Waals surface area contributed by atoms with Crippen LogP contribution in [0.1, 0.15) is 22.3 Å². The highest BCUT2D eigenvalue weighted by atomic mass is 16.2. The van der Waals surface area contributed by atoms with Crippen LogP contribution < -0.4 is 10.2 Å². The lowest BCUT2D eigenvalue weighted by molar-refractivity contribution is -0.120. The number of carbonyl (C=O) groups is 2. The molecule has 0 spiro atoms. The van der Waals surface area contributed by atoms with E-state index in [4.69, 9.17) is 0 Å². The Morgan fingerprint density at radius 2 is 1.42 bits per heavy atom. The van der Waals surface area contributed by atoms with Crippen molar-refractivity contribution in [2.75, 3.05) is 10.2 Å². The maximum atomic E-state index is 13.7. The average molecular weight is 433 g/mol. The normalized spacial score (nSPS) is 13.8. The molecule has 0 bridgehead atoms. The Labute approximate surface area is 193 Å². The summed E-state index contributed by atoms with van der Waals surface area (Å²) in [6, 6.07) is 27.2. The van der Waals surface area contributed by atoms with Crippen LogP contribution in [0.15, 0.2) is 90.6 Å². The van der Waals surface area contributed by atoms with Crippen LogP contribution >= 0.6 is 0 Å². The van der Waals surface area contributed by atoms with Crippen molar-refractivity contribution in [2.45, 2.75) is 20.8 Å². The van der Waals surface area contributed by atoms with Gasteiger partial charge in [0.1, 0.15) is 5.70 Å². The van der Waals surface area contributed by atoms with E-state index in [1.54, 1.807) is 0 Å². The number of imide groups is 1. The van der Waals surface area contributed by atoms with E-state index in [2.05, 4.69) is 5.32 Å². The molecule has 4 nitrogen and oxygen atoms in total. The van der Waals surface area contributed by atoms with Gasteiger partial charge < -0.3 is 5.32 Å². The van der Waals surface area contributed by atoms with E-state index in [0.29, 0.717) is 22.5 Å². The Morgan fingerprint density at radius 1 is 0.697 bits per heavy atom. The molecule has 0 radical (unpaired) electrons. The van der Waals surface area contributed by atoms with Gasteiger partial charge in [-0.15, -0.1) is 0 Å². The molecule has 0 aromatic heterocycles. The van der Waals surface area contributed by atoms with Gasteiger partial charge >= 0.3 is 0 Å². The van der Waals surface area contributed by atoms with Crippen molar-refractivity contribution in [3.05, 3.63) is 113 Å². The fourth-order valence-electron chi connectivity index (χ4n) is 4.20. The number of nitrogens with one attached hydrogen (secondary N) is 1. The summed E-state index contributed by atoms with van der Waals surface area (Å²) in [6.45, 7) is 5.99. The van der Waals surface area contributed by atoms with E-state index in [0.717, 1.165) is 33.2 Å². The summed E-state index contributed by atoms with van der Waals surface area (Å²) in [7, 11) is 0. The molecule has 1 N–H and O–H groups in total. The van der Waals surface area contributed by atoms with Crippen LogP contribution in [0.2, 0.25) is 0 Å². The Kier molecular flexibility index (Phi) is 5.06. The smallest absolute Gasteiger partial charge is 0.282 e. The van der Waals surface area contributed by atoms with Gasteiger partial charge in [0.25, 0.3) is 11.8 Å². The van der Waals surface area contributed by atoms with Crippen molar-refractivity contribution >= 4 is 39.5 Å². The lowest BCUT2D eigenvalue weighted by Crippen LogP contribution is -2.32. The summed E-state index contributed by atoms with van der Waals surface area (Å²) in [5, 5.41) is 5.37. The van der Waals surface area contributed by atoms with Crippen LogP contribution in [-0.4, -0.2) is 11.8 Å². The molecule has 4 heteroatoms. The molecule has 0 unspecified atom stereocenters. The quantitative estimate of drug-likeness (QED) is 0.393. The van der Waals surface area contributed by atoms with Crippen LogP contribution in [0.3, 0.4) is 0 Å². The number of carbonyl (C=O) groups excluding carboxylic acids is 2. The molecule has 1 aliphatic heterocycles. The van der Waals surface area contributed by atoms with Crippen LogP contribution in [0.25, 0.3) is 16.3 Å². The Bertz CT molecular complexity index is 1440. The summed E-state index contributed by atoms with van der Waals surface area (Å²) >= 11 is 0. The number of amides is 2. The third kappa shape index (κ3) is 3.60. The number of nitrogens with zero attached hydrogens (tertiary/aromatic N) is 1. The molecular formula is C29H24N2O2. The molecule has 1 aliphatic rings. The van der Waals surface area contributed by atoms with Crippen LogP contribution in [0, 0.1) is 20.8 Å². The van der Waals surface area contributed by atoms with E-state index in [1.807, 2.05) is 106 Å². The van der Waals surface area contributed by atoms with Gasteiger partial charge in [-0.25, -0.2) is 4.90 Å². The molecule has 0 atom stereocenters. The van der Waals surface area contributed by atoms with Crippen molar-refractivity contribution in [3.8, 4) is 0 Å². The van der Waals surface area contributed by atoms with Crippen molar-refractivity contribution in [2.24, 2.45) is 0 Å². The third-order valence-corrected chi connectivity index (χ3v) is 6.22. The first-order chi connectivity index (χ1) is 15.9. The van der Waals surface area contributed by atoms with E-state index < -0.39 is 0 Å². The standard InChI is InChI=1S/C29H24N2O2/c1-18-11-14-22(15-12-18)26-27(30-25-10-6-8-21-7-4-5-9-24(21)25)29(33)31(28(26)32)23-16-13-19(2)20(3)17-23/h4-17,30H,1-3H3. The van der Waals surface area contributed by atoms with Gasteiger partial charge in [0.2, 0.25) is 0 Å². The first kappa shape index (κ1) is 20.7. The number of rotatable bonds is 4. The summed E-state index contributed by atoms with van der Waals surface area (Å²) < 4.78 is 0. The minimum atomic E-state index is -0.355. The molecule has 4 aromatic carbocycles. The molecular weight excluding hydrogens is 408 g/mol. The molecule has 0 fully saturated rings. The molecule has 4 aromatic rings. The lowest BCUT2D eigenvalue weighted by atomic mass is 10.0. The fraction of sp³-hybridized carbons (Fsp3) is 0.103. The van der Waals surface area contributed by atoms with Gasteiger partial charge in [0.15, 0.2) is 0 Å². The van der Waals surface area contributed by atoms with E-state index in [1.165, 1.54) is 4.90 Å². The van der Waals surface area contributed by atoms with E-state index in [-0.39, 0.29) is 11.8 Å². The molecule has 1 heterocycles. The second-order valence-corrected chi connectivity index (χ2v) is 8.48. The van der Waals surface area contributed by atoms with Gasteiger partial charge in [-0.05, 0) is 61.0 Å². The van der Waals surface area contributed by atoms with Crippen molar-refractivity contribution in [1.82, 2.24) is 0 Å². The number of hydrogen-bond acceptors (Lipinski definition) is 3. The molecule has 0 saturated carbocycles.